The molecule has 0 aromatic heterocycles. The molecular weight excluding hydrogens is 407 g/mol. The maximum Gasteiger partial charge on any atom is 0.262 e. The number of ether oxygens (including phenoxy) is 1. The van der Waals surface area contributed by atoms with Gasteiger partial charge in [-0.05, 0) is 42.0 Å². The summed E-state index contributed by atoms with van der Waals surface area (Å²) in [5, 5.41) is 2.43. The molecule has 1 amide bonds. The number of hydrogen-bond donors (Lipinski definition) is 1. The third-order valence-electron chi connectivity index (χ3n) is 4.21. The molecule has 0 radical (unpaired) electrons. The van der Waals surface area contributed by atoms with E-state index in [-0.39, 0.29) is 18.8 Å². The van der Waals surface area contributed by atoms with Gasteiger partial charge in [-0.15, -0.1) is 0 Å². The molecule has 0 fully saturated rings. The largest absolute Gasteiger partial charge is 0.484 e. The summed E-state index contributed by atoms with van der Waals surface area (Å²) in [6, 6.07) is 21.5. The Balaban J connectivity index is 1.64. The number of carbonyl (C=O) groups excluding carboxylic acids is 1. The Morgan fingerprint density at radius 3 is 2.23 bits per heavy atom. The second kappa shape index (κ2) is 9.41. The summed E-state index contributed by atoms with van der Waals surface area (Å²) in [5.41, 5.74) is 1.41. The fraction of sp³-hybridized carbons (Fsp3) is 0.136. The first-order valence-corrected chi connectivity index (χ1v) is 11.0. The zero-order valence-electron chi connectivity index (χ0n) is 16.3. The van der Waals surface area contributed by atoms with Gasteiger partial charge in [-0.2, -0.15) is 0 Å². The van der Waals surface area contributed by atoms with Crippen LogP contribution in [0.1, 0.15) is 5.56 Å². The summed E-state index contributed by atoms with van der Waals surface area (Å²) >= 11 is 0. The van der Waals surface area contributed by atoms with Crippen molar-refractivity contribution in [2.75, 3.05) is 22.5 Å². The van der Waals surface area contributed by atoms with Crippen molar-refractivity contribution >= 4 is 27.3 Å². The summed E-state index contributed by atoms with van der Waals surface area (Å²) in [7, 11) is -3.50. The van der Waals surface area contributed by atoms with Crippen molar-refractivity contribution in [2.45, 2.75) is 6.54 Å². The number of halogens is 1. The Bertz CT molecular complexity index is 1100. The van der Waals surface area contributed by atoms with Crippen molar-refractivity contribution in [1.29, 1.82) is 0 Å². The number of sulfonamides is 1. The maximum absolute atomic E-state index is 13.6. The second-order valence-corrected chi connectivity index (χ2v) is 8.47. The summed E-state index contributed by atoms with van der Waals surface area (Å²) in [6.07, 6.45) is 1.15. The predicted molar refractivity (Wildman–Crippen MR) is 114 cm³/mol. The molecule has 3 aromatic carbocycles. The van der Waals surface area contributed by atoms with Crippen molar-refractivity contribution in [2.24, 2.45) is 0 Å². The average molecular weight is 428 g/mol. The number of anilines is 2. The van der Waals surface area contributed by atoms with Crippen LogP contribution in [0.15, 0.2) is 78.9 Å². The van der Waals surface area contributed by atoms with Crippen LogP contribution in [0, 0.1) is 5.82 Å². The van der Waals surface area contributed by atoms with E-state index in [4.69, 9.17) is 4.74 Å². The number of amides is 1. The minimum atomic E-state index is -3.50. The van der Waals surface area contributed by atoms with Crippen LogP contribution in [0.25, 0.3) is 0 Å². The first-order valence-electron chi connectivity index (χ1n) is 9.12. The summed E-state index contributed by atoms with van der Waals surface area (Å²) in [4.78, 5) is 12.0. The topological polar surface area (TPSA) is 75.7 Å². The SMILES string of the molecule is CS(=O)(=O)N(Cc1ccccc1)c1ccc(OCC(=O)Nc2ccccc2F)cc1. The van der Waals surface area contributed by atoms with E-state index in [1.807, 2.05) is 30.3 Å². The van der Waals surface area contributed by atoms with Crippen LogP contribution in [-0.2, 0) is 21.4 Å². The van der Waals surface area contributed by atoms with Crippen LogP contribution in [-0.4, -0.2) is 27.2 Å². The number of nitrogens with one attached hydrogen (secondary N) is 1. The van der Waals surface area contributed by atoms with E-state index in [1.165, 1.54) is 22.5 Å². The van der Waals surface area contributed by atoms with E-state index < -0.39 is 21.7 Å². The molecule has 0 atom stereocenters. The normalized spacial score (nSPS) is 11.0. The van der Waals surface area contributed by atoms with E-state index >= 15 is 0 Å². The Labute approximate surface area is 175 Å². The zero-order valence-corrected chi connectivity index (χ0v) is 17.1. The highest BCUT2D eigenvalue weighted by molar-refractivity contribution is 7.92. The van der Waals surface area contributed by atoms with E-state index in [9.17, 15) is 17.6 Å². The highest BCUT2D eigenvalue weighted by atomic mass is 32.2. The molecular formula is C22H21FN2O4S. The lowest BCUT2D eigenvalue weighted by Crippen LogP contribution is -2.29. The molecule has 8 heteroatoms. The Morgan fingerprint density at radius 2 is 1.60 bits per heavy atom. The van der Waals surface area contributed by atoms with Gasteiger partial charge >= 0.3 is 0 Å². The monoisotopic (exact) mass is 428 g/mol. The molecule has 3 rings (SSSR count). The number of benzene rings is 3. The lowest BCUT2D eigenvalue weighted by atomic mass is 10.2. The molecule has 3 aromatic rings. The highest BCUT2D eigenvalue weighted by Crippen LogP contribution is 2.24. The van der Waals surface area contributed by atoms with Crippen molar-refractivity contribution in [3.8, 4) is 5.75 Å². The van der Waals surface area contributed by atoms with Gasteiger partial charge in [0.2, 0.25) is 10.0 Å². The Morgan fingerprint density at radius 1 is 0.967 bits per heavy atom. The lowest BCUT2D eigenvalue weighted by Gasteiger charge is -2.22. The summed E-state index contributed by atoms with van der Waals surface area (Å²) in [6.45, 7) is -0.113. The maximum atomic E-state index is 13.6. The van der Waals surface area contributed by atoms with E-state index in [0.29, 0.717) is 11.4 Å². The van der Waals surface area contributed by atoms with Crippen LogP contribution in [0.5, 0.6) is 5.75 Å². The van der Waals surface area contributed by atoms with E-state index in [2.05, 4.69) is 5.32 Å². The molecule has 0 spiro atoms. The van der Waals surface area contributed by atoms with E-state index in [0.717, 1.165) is 11.8 Å². The van der Waals surface area contributed by atoms with Crippen molar-refractivity contribution < 1.29 is 22.3 Å². The Hall–Kier alpha value is -3.39. The first-order chi connectivity index (χ1) is 14.3. The number of nitrogens with zero attached hydrogens (tertiary/aromatic N) is 1. The number of hydrogen-bond acceptors (Lipinski definition) is 4. The molecule has 1 N–H and O–H groups in total. The molecule has 0 aliphatic rings. The smallest absolute Gasteiger partial charge is 0.262 e. The fourth-order valence-electron chi connectivity index (χ4n) is 2.76. The molecule has 0 bridgehead atoms. The van der Waals surface area contributed by atoms with Gasteiger partial charge in [0.25, 0.3) is 5.91 Å². The van der Waals surface area contributed by atoms with Crippen LogP contribution in [0.4, 0.5) is 15.8 Å². The molecule has 0 unspecified atom stereocenters. The minimum absolute atomic E-state index is 0.0751. The molecule has 0 aliphatic carbocycles. The molecule has 0 heterocycles. The predicted octanol–water partition coefficient (Wildman–Crippen LogP) is 3.81. The third kappa shape index (κ3) is 5.81. The molecule has 156 valence electrons. The van der Waals surface area contributed by atoms with Crippen LogP contribution in [0.2, 0.25) is 0 Å². The quantitative estimate of drug-likeness (QED) is 0.592. The minimum Gasteiger partial charge on any atom is -0.484 e. The van der Waals surface area contributed by atoms with Gasteiger partial charge in [0.15, 0.2) is 6.61 Å². The highest BCUT2D eigenvalue weighted by Gasteiger charge is 2.18. The molecule has 0 saturated heterocycles. The van der Waals surface area contributed by atoms with Gasteiger partial charge in [0.1, 0.15) is 11.6 Å². The molecule has 30 heavy (non-hydrogen) atoms. The zero-order chi connectivity index (χ0) is 21.6. The molecule has 6 nitrogen and oxygen atoms in total. The molecule has 0 saturated carbocycles. The standard InChI is InChI=1S/C22H21FN2O4S/c1-30(27,28)25(15-17-7-3-2-4-8-17)18-11-13-19(14-12-18)29-16-22(26)24-21-10-6-5-9-20(21)23/h2-14H,15-16H2,1H3,(H,24,26). The fourth-order valence-corrected chi connectivity index (χ4v) is 3.64. The van der Waals surface area contributed by atoms with Crippen molar-refractivity contribution in [3.63, 3.8) is 0 Å². The van der Waals surface area contributed by atoms with Crippen LogP contribution in [0.3, 0.4) is 0 Å². The number of carbonyl (C=O) groups is 1. The number of para-hydroxylation sites is 1. The number of rotatable bonds is 8. The van der Waals surface area contributed by atoms with Crippen LogP contribution < -0.4 is 14.4 Å². The summed E-state index contributed by atoms with van der Waals surface area (Å²) < 4.78 is 44.8. The van der Waals surface area contributed by atoms with Gasteiger partial charge < -0.3 is 10.1 Å². The summed E-state index contributed by atoms with van der Waals surface area (Å²) in [5.74, 6) is -0.656. The van der Waals surface area contributed by atoms with Gasteiger partial charge in [-0.25, -0.2) is 12.8 Å². The van der Waals surface area contributed by atoms with Gasteiger partial charge in [-0.1, -0.05) is 42.5 Å². The van der Waals surface area contributed by atoms with Gasteiger partial charge in [0.05, 0.1) is 24.2 Å². The third-order valence-corrected chi connectivity index (χ3v) is 5.35. The van der Waals surface area contributed by atoms with Gasteiger partial charge in [-0.3, -0.25) is 9.10 Å². The van der Waals surface area contributed by atoms with Crippen LogP contribution >= 0.6 is 0 Å². The first kappa shape index (κ1) is 21.3. The van der Waals surface area contributed by atoms with E-state index in [1.54, 1.807) is 30.3 Å². The molecule has 0 aliphatic heterocycles. The van der Waals surface area contributed by atoms with Gasteiger partial charge in [0, 0.05) is 0 Å². The van der Waals surface area contributed by atoms with Crippen molar-refractivity contribution in [3.05, 3.63) is 90.2 Å². The Kier molecular flexibility index (Phi) is 6.68. The second-order valence-electron chi connectivity index (χ2n) is 6.57. The average Bonchev–Trinajstić information content (AvgIpc) is 2.73. The lowest BCUT2D eigenvalue weighted by molar-refractivity contribution is -0.118. The van der Waals surface area contributed by atoms with Crippen molar-refractivity contribution in [1.82, 2.24) is 0 Å².